The van der Waals surface area contributed by atoms with Gasteiger partial charge in [-0.15, -0.1) is 0 Å². The zero-order valence-corrected chi connectivity index (χ0v) is 10.5. The van der Waals surface area contributed by atoms with Gasteiger partial charge in [0.15, 0.2) is 0 Å². The van der Waals surface area contributed by atoms with Crippen molar-refractivity contribution in [1.82, 2.24) is 5.48 Å². The molecule has 0 aliphatic heterocycles. The van der Waals surface area contributed by atoms with E-state index < -0.39 is 0 Å². The average molecular weight is 229 g/mol. The number of aliphatic hydroxyl groups is 1. The lowest BCUT2D eigenvalue weighted by Crippen LogP contribution is -2.38. The van der Waals surface area contributed by atoms with Crippen LogP contribution in [0.2, 0.25) is 0 Å². The molecule has 0 aromatic rings. The Morgan fingerprint density at radius 3 is 2.75 bits per heavy atom. The molecule has 16 heavy (non-hydrogen) atoms. The van der Waals surface area contributed by atoms with Crippen molar-refractivity contribution in [2.75, 3.05) is 13.2 Å². The van der Waals surface area contributed by atoms with Gasteiger partial charge in [-0.05, 0) is 30.6 Å². The summed E-state index contributed by atoms with van der Waals surface area (Å²) in [5.74, 6) is 0.572. The van der Waals surface area contributed by atoms with Crippen molar-refractivity contribution in [2.24, 2.45) is 17.3 Å². The zero-order valence-electron chi connectivity index (χ0n) is 10.5. The van der Waals surface area contributed by atoms with Crippen molar-refractivity contribution in [3.63, 3.8) is 0 Å². The molecule has 1 aliphatic rings. The van der Waals surface area contributed by atoms with E-state index in [-0.39, 0.29) is 30.5 Å². The number of aliphatic hydroxyl groups excluding tert-OH is 1. The van der Waals surface area contributed by atoms with Crippen molar-refractivity contribution in [3.8, 4) is 0 Å². The standard InChI is InChI=1S/C12H23NO3/c1-9-6-10(8-12(2,3)7-9)11(15)13-16-5-4-14/h9-10,14H,4-8H2,1-3H3,(H,13,15). The van der Waals surface area contributed by atoms with E-state index in [1.54, 1.807) is 0 Å². The number of hydroxylamine groups is 1. The van der Waals surface area contributed by atoms with E-state index in [1.165, 1.54) is 6.42 Å². The Labute approximate surface area is 97.3 Å². The lowest BCUT2D eigenvalue weighted by molar-refractivity contribution is -0.141. The average Bonchev–Trinajstić information content (AvgIpc) is 2.14. The van der Waals surface area contributed by atoms with Crippen molar-refractivity contribution in [2.45, 2.75) is 40.0 Å². The normalized spacial score (nSPS) is 28.8. The first kappa shape index (κ1) is 13.5. The van der Waals surface area contributed by atoms with Crippen LogP contribution in [0.3, 0.4) is 0 Å². The van der Waals surface area contributed by atoms with Crippen molar-refractivity contribution in [1.29, 1.82) is 0 Å². The summed E-state index contributed by atoms with van der Waals surface area (Å²) in [5, 5.41) is 8.54. The first-order chi connectivity index (χ1) is 7.44. The molecular formula is C12H23NO3. The van der Waals surface area contributed by atoms with Gasteiger partial charge >= 0.3 is 0 Å². The third-order valence-electron chi connectivity index (χ3n) is 3.12. The fourth-order valence-electron chi connectivity index (χ4n) is 2.80. The molecule has 2 atom stereocenters. The molecule has 4 nitrogen and oxygen atoms in total. The molecule has 0 saturated heterocycles. The summed E-state index contributed by atoms with van der Waals surface area (Å²) < 4.78 is 0. The van der Waals surface area contributed by atoms with Gasteiger partial charge in [0, 0.05) is 5.92 Å². The van der Waals surface area contributed by atoms with E-state index >= 15 is 0 Å². The van der Waals surface area contributed by atoms with Gasteiger partial charge in [-0.2, -0.15) is 0 Å². The number of hydrogen-bond donors (Lipinski definition) is 2. The molecular weight excluding hydrogens is 206 g/mol. The summed E-state index contributed by atoms with van der Waals surface area (Å²) in [6.07, 6.45) is 3.01. The predicted molar refractivity (Wildman–Crippen MR) is 61.5 cm³/mol. The monoisotopic (exact) mass is 229 g/mol. The topological polar surface area (TPSA) is 58.6 Å². The highest BCUT2D eigenvalue weighted by atomic mass is 16.7. The molecule has 0 spiro atoms. The SMILES string of the molecule is CC1CC(C(=O)NOCCO)CC(C)(C)C1. The Hall–Kier alpha value is -0.610. The minimum absolute atomic E-state index is 0.0393. The third-order valence-corrected chi connectivity index (χ3v) is 3.12. The summed E-state index contributed by atoms with van der Waals surface area (Å²) in [5.41, 5.74) is 2.65. The molecule has 0 heterocycles. The second kappa shape index (κ2) is 5.64. The van der Waals surface area contributed by atoms with Gasteiger partial charge in [-0.3, -0.25) is 9.63 Å². The van der Waals surface area contributed by atoms with Crippen LogP contribution >= 0.6 is 0 Å². The molecule has 4 heteroatoms. The van der Waals surface area contributed by atoms with Crippen molar-refractivity contribution in [3.05, 3.63) is 0 Å². The summed E-state index contributed by atoms with van der Waals surface area (Å²) in [7, 11) is 0. The van der Waals surface area contributed by atoms with Crippen LogP contribution < -0.4 is 5.48 Å². The number of carbonyl (C=O) groups excluding carboxylic acids is 1. The molecule has 1 saturated carbocycles. The lowest BCUT2D eigenvalue weighted by Gasteiger charge is -2.38. The summed E-state index contributed by atoms with van der Waals surface area (Å²) in [6.45, 7) is 6.68. The number of hydrogen-bond acceptors (Lipinski definition) is 3. The van der Waals surface area contributed by atoms with E-state index in [0.29, 0.717) is 5.92 Å². The van der Waals surface area contributed by atoms with Gasteiger partial charge < -0.3 is 5.11 Å². The Kier molecular flexibility index (Phi) is 4.74. The predicted octanol–water partition coefficient (Wildman–Crippen LogP) is 1.49. The fraction of sp³-hybridized carbons (Fsp3) is 0.917. The maximum Gasteiger partial charge on any atom is 0.246 e. The number of carbonyl (C=O) groups is 1. The van der Waals surface area contributed by atoms with Crippen LogP contribution in [-0.4, -0.2) is 24.2 Å². The highest BCUT2D eigenvalue weighted by molar-refractivity contribution is 5.77. The van der Waals surface area contributed by atoms with E-state index in [0.717, 1.165) is 12.8 Å². The van der Waals surface area contributed by atoms with E-state index in [4.69, 9.17) is 9.94 Å². The zero-order chi connectivity index (χ0) is 12.2. The van der Waals surface area contributed by atoms with E-state index in [9.17, 15) is 4.79 Å². The fourth-order valence-corrected chi connectivity index (χ4v) is 2.80. The van der Waals surface area contributed by atoms with Crippen LogP contribution in [0, 0.1) is 17.3 Å². The van der Waals surface area contributed by atoms with Gasteiger partial charge in [0.1, 0.15) is 0 Å². The minimum atomic E-state index is -0.0765. The molecule has 1 fully saturated rings. The van der Waals surface area contributed by atoms with Crippen LogP contribution in [0.5, 0.6) is 0 Å². The number of rotatable bonds is 4. The molecule has 0 bridgehead atoms. The molecule has 1 amide bonds. The van der Waals surface area contributed by atoms with Gasteiger partial charge in [-0.25, -0.2) is 5.48 Å². The molecule has 1 rings (SSSR count). The second-order valence-corrected chi connectivity index (χ2v) is 5.65. The van der Waals surface area contributed by atoms with Crippen LogP contribution in [0.15, 0.2) is 0 Å². The quantitative estimate of drug-likeness (QED) is 0.567. The molecule has 94 valence electrons. The maximum atomic E-state index is 11.8. The van der Waals surface area contributed by atoms with Crippen molar-refractivity contribution < 1.29 is 14.7 Å². The Balaban J connectivity index is 2.43. The molecule has 2 N–H and O–H groups in total. The maximum absolute atomic E-state index is 11.8. The number of nitrogens with one attached hydrogen (secondary N) is 1. The van der Waals surface area contributed by atoms with Gasteiger partial charge in [0.05, 0.1) is 13.2 Å². The summed E-state index contributed by atoms with van der Waals surface area (Å²) in [4.78, 5) is 16.6. The second-order valence-electron chi connectivity index (χ2n) is 5.65. The highest BCUT2D eigenvalue weighted by Crippen LogP contribution is 2.41. The van der Waals surface area contributed by atoms with Gasteiger partial charge in [0.2, 0.25) is 5.91 Å². The van der Waals surface area contributed by atoms with Gasteiger partial charge in [-0.1, -0.05) is 20.8 Å². The smallest absolute Gasteiger partial charge is 0.246 e. The Morgan fingerprint density at radius 1 is 1.50 bits per heavy atom. The lowest BCUT2D eigenvalue weighted by atomic mass is 9.68. The van der Waals surface area contributed by atoms with Crippen LogP contribution in [-0.2, 0) is 9.63 Å². The van der Waals surface area contributed by atoms with E-state index in [1.807, 2.05) is 0 Å². The molecule has 2 unspecified atom stereocenters. The van der Waals surface area contributed by atoms with Crippen LogP contribution in [0.4, 0.5) is 0 Å². The third kappa shape index (κ3) is 4.10. The summed E-state index contributed by atoms with van der Waals surface area (Å²) >= 11 is 0. The number of amides is 1. The Bertz CT molecular complexity index is 240. The molecule has 0 radical (unpaired) electrons. The van der Waals surface area contributed by atoms with E-state index in [2.05, 4.69) is 26.3 Å². The molecule has 0 aromatic heterocycles. The largest absolute Gasteiger partial charge is 0.394 e. The van der Waals surface area contributed by atoms with Gasteiger partial charge in [0.25, 0.3) is 0 Å². The van der Waals surface area contributed by atoms with Crippen LogP contribution in [0.25, 0.3) is 0 Å². The van der Waals surface area contributed by atoms with Crippen LogP contribution in [0.1, 0.15) is 40.0 Å². The molecule has 1 aliphatic carbocycles. The first-order valence-electron chi connectivity index (χ1n) is 5.97. The minimum Gasteiger partial charge on any atom is -0.394 e. The molecule has 0 aromatic carbocycles. The summed E-state index contributed by atoms with van der Waals surface area (Å²) in [6, 6.07) is 0. The first-order valence-corrected chi connectivity index (χ1v) is 5.97. The highest BCUT2D eigenvalue weighted by Gasteiger charge is 2.35. The Morgan fingerprint density at radius 2 is 2.19 bits per heavy atom. The van der Waals surface area contributed by atoms with Crippen molar-refractivity contribution >= 4 is 5.91 Å².